The molecule has 0 radical (unpaired) electrons. The predicted molar refractivity (Wildman–Crippen MR) is 197 cm³/mol. The monoisotopic (exact) mass is 726 g/mol. The largest absolute Gasteiger partial charge is 0.479 e. The Labute approximate surface area is 307 Å². The van der Waals surface area contributed by atoms with Crippen LogP contribution < -0.4 is 0 Å². The summed E-state index contributed by atoms with van der Waals surface area (Å²) in [6.45, 7) is 3.73. The van der Waals surface area contributed by atoms with Crippen molar-refractivity contribution in [3.8, 4) is 0 Å². The quantitative estimate of drug-likeness (QED) is 0.0308. The van der Waals surface area contributed by atoms with Gasteiger partial charge in [-0.3, -0.25) is 9.59 Å². The highest BCUT2D eigenvalue weighted by molar-refractivity contribution is 5.73. The van der Waals surface area contributed by atoms with Crippen molar-refractivity contribution in [3.63, 3.8) is 0 Å². The normalized spacial score (nSPS) is 21.3. The van der Waals surface area contributed by atoms with Gasteiger partial charge in [-0.2, -0.15) is 0 Å². The second-order valence-electron chi connectivity index (χ2n) is 13.8. The van der Waals surface area contributed by atoms with Gasteiger partial charge in [0.2, 0.25) is 0 Å². The number of carbonyl (C=O) groups is 3. The molecule has 6 unspecified atom stereocenters. The molecule has 0 aromatic rings. The Balaban J connectivity index is 2.44. The van der Waals surface area contributed by atoms with E-state index >= 15 is 0 Å². The summed E-state index contributed by atoms with van der Waals surface area (Å²) >= 11 is 0. The van der Waals surface area contributed by atoms with Crippen LogP contribution in [-0.4, -0.2) is 88.4 Å². The minimum Gasteiger partial charge on any atom is -0.479 e. The van der Waals surface area contributed by atoms with E-state index in [1.807, 2.05) is 0 Å². The molecule has 0 aliphatic carbocycles. The van der Waals surface area contributed by atoms with Gasteiger partial charge in [0.15, 0.2) is 18.5 Å². The zero-order valence-electron chi connectivity index (χ0n) is 31.6. The van der Waals surface area contributed by atoms with Crippen LogP contribution in [0.4, 0.5) is 0 Å². The van der Waals surface area contributed by atoms with Crippen LogP contribution in [0.15, 0.2) is 24.3 Å². The number of aliphatic hydroxyl groups is 3. The van der Waals surface area contributed by atoms with Gasteiger partial charge in [-0.1, -0.05) is 134 Å². The van der Waals surface area contributed by atoms with Crippen molar-refractivity contribution >= 4 is 17.9 Å². The number of aliphatic carboxylic acids is 1. The van der Waals surface area contributed by atoms with E-state index in [1.165, 1.54) is 57.8 Å². The van der Waals surface area contributed by atoms with E-state index in [1.54, 1.807) is 0 Å². The maximum absolute atomic E-state index is 12.7. The third-order valence-electron chi connectivity index (χ3n) is 9.05. The smallest absolute Gasteiger partial charge is 0.335 e. The Morgan fingerprint density at radius 1 is 0.608 bits per heavy atom. The molecule has 51 heavy (non-hydrogen) atoms. The first-order valence-electron chi connectivity index (χ1n) is 19.9. The van der Waals surface area contributed by atoms with E-state index in [0.717, 1.165) is 64.2 Å². The van der Waals surface area contributed by atoms with Gasteiger partial charge in [0.1, 0.15) is 24.9 Å². The molecule has 0 spiro atoms. The lowest BCUT2D eigenvalue weighted by Gasteiger charge is -2.38. The second kappa shape index (κ2) is 31.2. The van der Waals surface area contributed by atoms with Crippen LogP contribution in [0.2, 0.25) is 0 Å². The highest BCUT2D eigenvalue weighted by Gasteiger charge is 2.47. The molecule has 6 atom stereocenters. The molecule has 4 N–H and O–H groups in total. The number of aliphatic hydroxyl groups excluding tert-OH is 3. The van der Waals surface area contributed by atoms with Crippen LogP contribution in [0, 0.1) is 0 Å². The van der Waals surface area contributed by atoms with Gasteiger partial charge < -0.3 is 39.4 Å². The summed E-state index contributed by atoms with van der Waals surface area (Å²) in [5.74, 6) is -2.46. The Kier molecular flexibility index (Phi) is 28.6. The number of hydrogen-bond acceptors (Lipinski definition) is 10. The van der Waals surface area contributed by atoms with Gasteiger partial charge in [-0.25, -0.2) is 4.79 Å². The lowest BCUT2D eigenvalue weighted by Crippen LogP contribution is -2.60. The molecule has 0 bridgehead atoms. The lowest BCUT2D eigenvalue weighted by molar-refractivity contribution is -0.298. The molecule has 1 rings (SSSR count). The Bertz CT molecular complexity index is 953. The summed E-state index contributed by atoms with van der Waals surface area (Å²) in [4.78, 5) is 36.6. The Hall–Kier alpha value is -2.31. The Morgan fingerprint density at radius 3 is 1.69 bits per heavy atom. The Morgan fingerprint density at radius 2 is 1.12 bits per heavy atom. The van der Waals surface area contributed by atoms with Gasteiger partial charge in [0, 0.05) is 12.8 Å². The minimum absolute atomic E-state index is 0.182. The molecule has 0 amide bonds. The van der Waals surface area contributed by atoms with E-state index in [-0.39, 0.29) is 19.4 Å². The first-order valence-corrected chi connectivity index (χ1v) is 19.9. The van der Waals surface area contributed by atoms with Gasteiger partial charge in [-0.05, 0) is 38.5 Å². The van der Waals surface area contributed by atoms with Gasteiger partial charge in [-0.15, -0.1) is 0 Å². The van der Waals surface area contributed by atoms with Crippen molar-refractivity contribution in [2.45, 2.75) is 198 Å². The standard InChI is InChI=1S/C40H70O11/c1-3-5-7-9-11-13-15-16-17-19-20-22-24-26-28-33(41)48-30-32(31-49-40-37(45)35(43)36(44)38(51-40)39(46)47)50-34(42)29-27-25-23-21-18-14-12-10-8-6-4-2/h9,11,15-16,32,35-38,40,43-45H,3-8,10,12-14,17-31H2,1-2H3,(H,46,47)/b11-9-,16-15-. The number of ether oxygens (including phenoxy) is 4. The molecule has 1 aliphatic rings. The third kappa shape index (κ3) is 23.8. The minimum atomic E-state index is -1.86. The van der Waals surface area contributed by atoms with Crippen molar-refractivity contribution in [3.05, 3.63) is 24.3 Å². The zero-order valence-corrected chi connectivity index (χ0v) is 31.6. The maximum atomic E-state index is 12.7. The zero-order chi connectivity index (χ0) is 37.5. The summed E-state index contributed by atoms with van der Waals surface area (Å²) in [5.41, 5.74) is 0. The SMILES string of the molecule is CCCC/C=C\C/C=C\CCCCCCCC(=O)OCC(COC1OC(C(=O)O)C(O)C(O)C1O)OC(=O)CCCCCCCCCCCCC. The van der Waals surface area contributed by atoms with Crippen molar-refractivity contribution in [1.29, 1.82) is 0 Å². The molecular formula is C40H70O11. The molecule has 11 heteroatoms. The van der Waals surface area contributed by atoms with Crippen LogP contribution in [0.5, 0.6) is 0 Å². The van der Waals surface area contributed by atoms with Crippen molar-refractivity contribution in [1.82, 2.24) is 0 Å². The summed E-state index contributed by atoms with van der Waals surface area (Å²) in [7, 11) is 0. The van der Waals surface area contributed by atoms with Gasteiger partial charge in [0.05, 0.1) is 6.61 Å². The third-order valence-corrected chi connectivity index (χ3v) is 9.05. The summed E-state index contributed by atoms with van der Waals surface area (Å²) in [5, 5.41) is 39.6. The lowest BCUT2D eigenvalue weighted by atomic mass is 9.99. The molecule has 0 saturated carbocycles. The van der Waals surface area contributed by atoms with E-state index in [9.17, 15) is 34.8 Å². The van der Waals surface area contributed by atoms with E-state index in [4.69, 9.17) is 18.9 Å². The van der Waals surface area contributed by atoms with Crippen molar-refractivity contribution < 1.29 is 53.8 Å². The van der Waals surface area contributed by atoms with E-state index in [0.29, 0.717) is 12.8 Å². The van der Waals surface area contributed by atoms with E-state index < -0.39 is 61.3 Å². The molecule has 11 nitrogen and oxygen atoms in total. The van der Waals surface area contributed by atoms with E-state index in [2.05, 4.69) is 38.2 Å². The summed E-state index contributed by atoms with van der Waals surface area (Å²) in [6.07, 6.45) is 22.4. The summed E-state index contributed by atoms with van der Waals surface area (Å²) < 4.78 is 21.6. The maximum Gasteiger partial charge on any atom is 0.335 e. The number of allylic oxidation sites excluding steroid dienone is 4. The number of hydrogen-bond donors (Lipinski definition) is 4. The number of esters is 2. The average Bonchev–Trinajstić information content (AvgIpc) is 3.11. The molecule has 1 fully saturated rings. The average molecular weight is 727 g/mol. The first-order chi connectivity index (χ1) is 24.7. The number of carbonyl (C=O) groups excluding carboxylic acids is 2. The topological polar surface area (TPSA) is 169 Å². The summed E-state index contributed by atoms with van der Waals surface area (Å²) in [6, 6.07) is 0. The molecular weight excluding hydrogens is 656 g/mol. The first kappa shape index (κ1) is 46.7. The predicted octanol–water partition coefficient (Wildman–Crippen LogP) is 7.47. The molecule has 1 saturated heterocycles. The molecule has 296 valence electrons. The second-order valence-corrected chi connectivity index (χ2v) is 13.8. The number of carboxylic acids is 1. The fourth-order valence-electron chi connectivity index (χ4n) is 5.84. The van der Waals surface area contributed by atoms with Crippen molar-refractivity contribution in [2.75, 3.05) is 13.2 Å². The molecule has 0 aromatic carbocycles. The molecule has 1 aliphatic heterocycles. The fraction of sp³-hybridized carbons (Fsp3) is 0.825. The highest BCUT2D eigenvalue weighted by Crippen LogP contribution is 2.23. The number of rotatable bonds is 32. The molecule has 0 aromatic heterocycles. The highest BCUT2D eigenvalue weighted by atomic mass is 16.7. The van der Waals surface area contributed by atoms with Crippen LogP contribution in [0.25, 0.3) is 0 Å². The van der Waals surface area contributed by atoms with Crippen LogP contribution in [0.1, 0.15) is 162 Å². The number of unbranched alkanes of at least 4 members (excludes halogenated alkanes) is 17. The van der Waals surface area contributed by atoms with Gasteiger partial charge >= 0.3 is 17.9 Å². The molecule has 1 heterocycles. The van der Waals surface area contributed by atoms with Crippen molar-refractivity contribution in [2.24, 2.45) is 0 Å². The van der Waals surface area contributed by atoms with Crippen LogP contribution >= 0.6 is 0 Å². The fourth-order valence-corrected chi connectivity index (χ4v) is 5.84. The van der Waals surface area contributed by atoms with Gasteiger partial charge in [0.25, 0.3) is 0 Å². The number of carboxylic acid groups (broad SMARTS) is 1. The van der Waals surface area contributed by atoms with Crippen LogP contribution in [-0.2, 0) is 33.3 Å². The van der Waals surface area contributed by atoms with Crippen LogP contribution in [0.3, 0.4) is 0 Å².